The third kappa shape index (κ3) is 6.80. The van der Waals surface area contributed by atoms with E-state index in [2.05, 4.69) is 19.8 Å². The van der Waals surface area contributed by atoms with E-state index in [1.807, 2.05) is 0 Å². The summed E-state index contributed by atoms with van der Waals surface area (Å²) in [6.45, 7) is -5.68. The van der Waals surface area contributed by atoms with Crippen LogP contribution in [0.5, 0.6) is 11.5 Å². The third-order valence-corrected chi connectivity index (χ3v) is 5.20. The Kier molecular flexibility index (Phi) is 8.44. The molecule has 9 nitrogen and oxygen atoms in total. The van der Waals surface area contributed by atoms with Crippen LogP contribution in [0.15, 0.2) is 42.6 Å². The van der Waals surface area contributed by atoms with E-state index in [0.717, 1.165) is 12.1 Å². The van der Waals surface area contributed by atoms with Crippen molar-refractivity contribution in [3.63, 3.8) is 0 Å². The summed E-state index contributed by atoms with van der Waals surface area (Å²) in [4.78, 5) is 41.9. The van der Waals surface area contributed by atoms with Crippen LogP contribution in [-0.4, -0.2) is 60.2 Å². The second-order valence-corrected chi connectivity index (χ2v) is 7.42. The Bertz CT molecular complexity index is 1060. The van der Waals surface area contributed by atoms with Gasteiger partial charge in [0.2, 0.25) is 11.8 Å². The number of pyridine rings is 1. The van der Waals surface area contributed by atoms with Crippen molar-refractivity contribution in [3.8, 4) is 11.5 Å². The van der Waals surface area contributed by atoms with Crippen molar-refractivity contribution in [2.24, 2.45) is 0 Å². The first-order valence-electron chi connectivity index (χ1n) is 10.3. The number of amides is 2. The van der Waals surface area contributed by atoms with Gasteiger partial charge >= 0.3 is 19.2 Å². The second kappa shape index (κ2) is 11.5. The molecule has 2 amide bonds. The van der Waals surface area contributed by atoms with Crippen molar-refractivity contribution in [3.05, 3.63) is 53.9 Å². The Balaban J connectivity index is 1.68. The fourth-order valence-corrected chi connectivity index (χ4v) is 3.68. The summed E-state index contributed by atoms with van der Waals surface area (Å²) < 4.78 is 64.1. The first-order chi connectivity index (χ1) is 16.7. The van der Waals surface area contributed by atoms with Crippen molar-refractivity contribution >= 4 is 17.8 Å². The highest BCUT2D eigenvalue weighted by Crippen LogP contribution is 2.38. The molecule has 188 valence electrons. The molecule has 0 aliphatic carbocycles. The Hall–Kier alpha value is -3.90. The standard InChI is InChI=1S/C22H21F4N3O6/c1-12(30)29-10-14(13-5-6-17(34-21(23)24)18(9-13)35-22(25)26)8-16(29)19(31)28-11-33-20(32)15-4-2-3-7-27-15/h2-7,9,14,16,21-22H,8,10-11H2,1H3,(H,28,31)/t14?,16-/m1/s1. The average molecular weight is 499 g/mol. The zero-order valence-corrected chi connectivity index (χ0v) is 18.3. The molecular weight excluding hydrogens is 478 g/mol. The lowest BCUT2D eigenvalue weighted by Crippen LogP contribution is -2.45. The molecule has 0 spiro atoms. The van der Waals surface area contributed by atoms with Gasteiger partial charge in [0.05, 0.1) is 0 Å². The maximum atomic E-state index is 12.8. The molecule has 13 heteroatoms. The minimum absolute atomic E-state index is 0.0501. The van der Waals surface area contributed by atoms with Crippen LogP contribution >= 0.6 is 0 Å². The largest absolute Gasteiger partial charge is 0.440 e. The van der Waals surface area contributed by atoms with Crippen LogP contribution in [0.3, 0.4) is 0 Å². The number of nitrogens with one attached hydrogen (secondary N) is 1. The van der Waals surface area contributed by atoms with Crippen LogP contribution in [0.4, 0.5) is 17.6 Å². The summed E-state index contributed by atoms with van der Waals surface area (Å²) in [5.74, 6) is -3.43. The van der Waals surface area contributed by atoms with Crippen molar-refractivity contribution < 1.29 is 46.2 Å². The van der Waals surface area contributed by atoms with Gasteiger partial charge in [-0.1, -0.05) is 12.1 Å². The van der Waals surface area contributed by atoms with Crippen LogP contribution < -0.4 is 14.8 Å². The molecule has 1 aliphatic heterocycles. The van der Waals surface area contributed by atoms with E-state index in [1.165, 1.54) is 30.2 Å². The minimum Gasteiger partial charge on any atom is -0.440 e. The number of likely N-dealkylation sites (tertiary alicyclic amines) is 1. The normalized spacial score (nSPS) is 17.4. The summed E-state index contributed by atoms with van der Waals surface area (Å²) in [5, 5.41) is 2.42. The Morgan fingerprint density at radius 2 is 1.80 bits per heavy atom. The molecule has 0 radical (unpaired) electrons. The molecule has 1 aliphatic rings. The van der Waals surface area contributed by atoms with Gasteiger partial charge in [-0.3, -0.25) is 9.59 Å². The summed E-state index contributed by atoms with van der Waals surface area (Å²) in [6, 6.07) is 7.25. The van der Waals surface area contributed by atoms with Gasteiger partial charge in [0.15, 0.2) is 18.2 Å². The number of ether oxygens (including phenoxy) is 3. The molecule has 0 bridgehead atoms. The first-order valence-corrected chi connectivity index (χ1v) is 10.3. The van der Waals surface area contributed by atoms with Gasteiger partial charge < -0.3 is 24.4 Å². The number of halogens is 4. The summed E-state index contributed by atoms with van der Waals surface area (Å²) in [7, 11) is 0. The number of esters is 1. The lowest BCUT2D eigenvalue weighted by Gasteiger charge is -2.22. The molecule has 1 aromatic heterocycles. The monoisotopic (exact) mass is 499 g/mol. The van der Waals surface area contributed by atoms with Gasteiger partial charge in [-0.05, 0) is 36.2 Å². The van der Waals surface area contributed by atoms with Gasteiger partial charge in [0.25, 0.3) is 0 Å². The predicted octanol–water partition coefficient (Wildman–Crippen LogP) is 2.92. The lowest BCUT2D eigenvalue weighted by molar-refractivity contribution is -0.137. The van der Waals surface area contributed by atoms with Crippen LogP contribution in [-0.2, 0) is 14.3 Å². The highest BCUT2D eigenvalue weighted by atomic mass is 19.3. The number of hydrogen-bond acceptors (Lipinski definition) is 7. The van der Waals surface area contributed by atoms with Gasteiger partial charge in [-0.25, -0.2) is 9.78 Å². The van der Waals surface area contributed by atoms with Gasteiger partial charge in [0, 0.05) is 25.6 Å². The fourth-order valence-electron chi connectivity index (χ4n) is 3.68. The molecule has 1 saturated heterocycles. The van der Waals surface area contributed by atoms with Crippen molar-refractivity contribution in [1.29, 1.82) is 0 Å². The lowest BCUT2D eigenvalue weighted by atomic mass is 9.95. The summed E-state index contributed by atoms with van der Waals surface area (Å²) in [6.07, 6.45) is 1.51. The number of carbonyl (C=O) groups is 3. The molecule has 3 rings (SSSR count). The molecule has 1 unspecified atom stereocenters. The topological polar surface area (TPSA) is 107 Å². The van der Waals surface area contributed by atoms with Crippen molar-refractivity contribution in [1.82, 2.24) is 15.2 Å². The van der Waals surface area contributed by atoms with Crippen molar-refractivity contribution in [2.75, 3.05) is 13.3 Å². The SMILES string of the molecule is CC(=O)N1CC(c2ccc(OC(F)F)c(OC(F)F)c2)C[C@@H]1C(=O)NCOC(=O)c1ccccn1. The number of benzene rings is 1. The minimum atomic E-state index is -3.28. The maximum Gasteiger partial charge on any atom is 0.387 e. The highest BCUT2D eigenvalue weighted by Gasteiger charge is 2.39. The number of carbonyl (C=O) groups excluding carboxylic acids is 3. The van der Waals surface area contributed by atoms with Crippen molar-refractivity contribution in [2.45, 2.75) is 38.5 Å². The van der Waals surface area contributed by atoms with E-state index in [0.29, 0.717) is 5.56 Å². The zero-order valence-electron chi connectivity index (χ0n) is 18.3. The van der Waals surface area contributed by atoms with Crippen LogP contribution in [0.1, 0.15) is 35.3 Å². The highest BCUT2D eigenvalue weighted by molar-refractivity contribution is 5.89. The van der Waals surface area contributed by atoms with Gasteiger partial charge in [-0.2, -0.15) is 17.6 Å². The average Bonchev–Trinajstić information content (AvgIpc) is 3.26. The number of rotatable bonds is 9. The maximum absolute atomic E-state index is 12.8. The molecule has 35 heavy (non-hydrogen) atoms. The van der Waals surface area contributed by atoms with E-state index < -0.39 is 61.2 Å². The molecular formula is C22H21F4N3O6. The Morgan fingerprint density at radius 1 is 1.09 bits per heavy atom. The molecule has 1 aromatic carbocycles. The molecule has 1 N–H and O–H groups in total. The number of nitrogens with zero attached hydrogens (tertiary/aromatic N) is 2. The van der Waals surface area contributed by atoms with Crippen LogP contribution in [0, 0.1) is 0 Å². The number of aromatic nitrogens is 1. The molecule has 2 heterocycles. The smallest absolute Gasteiger partial charge is 0.387 e. The zero-order chi connectivity index (χ0) is 25.5. The third-order valence-electron chi connectivity index (χ3n) is 5.20. The second-order valence-electron chi connectivity index (χ2n) is 7.42. The van der Waals surface area contributed by atoms with E-state index in [1.54, 1.807) is 12.1 Å². The van der Waals surface area contributed by atoms with Gasteiger partial charge in [-0.15, -0.1) is 0 Å². The fraction of sp³-hybridized carbons (Fsp3) is 0.364. The van der Waals surface area contributed by atoms with E-state index in [4.69, 9.17) is 4.74 Å². The van der Waals surface area contributed by atoms with E-state index in [9.17, 15) is 31.9 Å². The predicted molar refractivity (Wildman–Crippen MR) is 111 cm³/mol. The summed E-state index contributed by atoms with van der Waals surface area (Å²) >= 11 is 0. The molecule has 1 fully saturated rings. The molecule has 0 saturated carbocycles. The van der Waals surface area contributed by atoms with E-state index in [-0.39, 0.29) is 18.7 Å². The molecule has 2 aromatic rings. The van der Waals surface area contributed by atoms with Crippen LogP contribution in [0.2, 0.25) is 0 Å². The van der Waals surface area contributed by atoms with E-state index >= 15 is 0 Å². The van der Waals surface area contributed by atoms with Gasteiger partial charge in [0.1, 0.15) is 11.7 Å². The first kappa shape index (κ1) is 25.7. The number of alkyl halides is 4. The molecule has 2 atom stereocenters. The quantitative estimate of drug-likeness (QED) is 0.321. The Labute approximate surface area is 197 Å². The van der Waals surface area contributed by atoms with Crippen LogP contribution in [0.25, 0.3) is 0 Å². The summed E-state index contributed by atoms with van der Waals surface area (Å²) in [5.41, 5.74) is 0.430. The number of hydrogen-bond donors (Lipinski definition) is 1. The Morgan fingerprint density at radius 3 is 2.43 bits per heavy atom.